The molecule has 0 saturated carbocycles. The zero-order valence-corrected chi connectivity index (χ0v) is 8.33. The lowest BCUT2D eigenvalue weighted by Crippen LogP contribution is -2.15. The van der Waals surface area contributed by atoms with Gasteiger partial charge in [-0.3, -0.25) is 4.79 Å². The van der Waals surface area contributed by atoms with Gasteiger partial charge in [0.1, 0.15) is 6.17 Å². The first-order valence-electron chi connectivity index (χ1n) is 4.15. The van der Waals surface area contributed by atoms with Crippen LogP contribution >= 0.6 is 11.6 Å². The fourth-order valence-electron chi connectivity index (χ4n) is 1.09. The third-order valence-electron chi connectivity index (χ3n) is 2.03. The Labute approximate surface area is 86.3 Å². The fourth-order valence-corrected chi connectivity index (χ4v) is 1.33. The van der Waals surface area contributed by atoms with E-state index in [2.05, 4.69) is 0 Å². The van der Waals surface area contributed by atoms with Crippen LogP contribution < -0.4 is 0 Å². The maximum absolute atomic E-state index is 13.6. The number of hydrogen-bond donors (Lipinski definition) is 1. The zero-order valence-electron chi connectivity index (χ0n) is 7.58. The molecule has 1 aromatic rings. The predicted molar refractivity (Wildman–Crippen MR) is 52.1 cm³/mol. The molecule has 0 spiro atoms. The van der Waals surface area contributed by atoms with Crippen LogP contribution in [0.2, 0.25) is 5.02 Å². The Kier molecular flexibility index (Phi) is 3.47. The standard InChI is InChI=1S/C10H10ClFO2/c1-6(10(13)14)9(12)7-4-2-3-5-8(7)11/h2-6,9H,1H3,(H,13,14). The van der Waals surface area contributed by atoms with Gasteiger partial charge >= 0.3 is 5.97 Å². The van der Waals surface area contributed by atoms with Crippen molar-refractivity contribution < 1.29 is 14.3 Å². The molecule has 0 fully saturated rings. The van der Waals surface area contributed by atoms with E-state index in [0.717, 1.165) is 0 Å². The fraction of sp³-hybridized carbons (Fsp3) is 0.300. The van der Waals surface area contributed by atoms with Crippen molar-refractivity contribution in [3.8, 4) is 0 Å². The largest absolute Gasteiger partial charge is 0.481 e. The van der Waals surface area contributed by atoms with Gasteiger partial charge in [0.2, 0.25) is 0 Å². The minimum Gasteiger partial charge on any atom is -0.481 e. The Morgan fingerprint density at radius 3 is 2.57 bits per heavy atom. The molecule has 0 aliphatic heterocycles. The van der Waals surface area contributed by atoms with Crippen molar-refractivity contribution in [2.24, 2.45) is 5.92 Å². The summed E-state index contributed by atoms with van der Waals surface area (Å²) in [6, 6.07) is 6.33. The minimum atomic E-state index is -1.57. The summed E-state index contributed by atoms with van der Waals surface area (Å²) >= 11 is 5.73. The Balaban J connectivity index is 2.94. The average molecular weight is 217 g/mol. The number of carboxylic acids is 1. The highest BCUT2D eigenvalue weighted by molar-refractivity contribution is 6.31. The van der Waals surface area contributed by atoms with Crippen LogP contribution in [0.5, 0.6) is 0 Å². The van der Waals surface area contributed by atoms with Crippen LogP contribution in [0.1, 0.15) is 18.7 Å². The van der Waals surface area contributed by atoms with Crippen LogP contribution in [0, 0.1) is 5.92 Å². The molecule has 0 bridgehead atoms. The predicted octanol–water partition coefficient (Wildman–Crippen LogP) is 3.07. The van der Waals surface area contributed by atoms with Crippen LogP contribution in [0.25, 0.3) is 0 Å². The normalized spacial score (nSPS) is 14.8. The third-order valence-corrected chi connectivity index (χ3v) is 2.38. The molecular weight excluding hydrogens is 207 g/mol. The quantitative estimate of drug-likeness (QED) is 0.843. The molecule has 14 heavy (non-hydrogen) atoms. The van der Waals surface area contributed by atoms with E-state index < -0.39 is 18.1 Å². The maximum atomic E-state index is 13.6. The number of aliphatic carboxylic acids is 1. The summed E-state index contributed by atoms with van der Waals surface area (Å²) in [5, 5.41) is 8.88. The number of hydrogen-bond acceptors (Lipinski definition) is 1. The first kappa shape index (κ1) is 11.0. The summed E-state index contributed by atoms with van der Waals surface area (Å²) in [4.78, 5) is 10.5. The molecule has 0 heterocycles. The molecule has 0 aliphatic rings. The van der Waals surface area contributed by atoms with Gasteiger partial charge in [-0.2, -0.15) is 0 Å². The van der Waals surface area contributed by atoms with Crippen molar-refractivity contribution in [1.29, 1.82) is 0 Å². The number of carboxylic acid groups (broad SMARTS) is 1. The lowest BCUT2D eigenvalue weighted by atomic mass is 9.99. The van der Waals surface area contributed by atoms with Gasteiger partial charge in [-0.25, -0.2) is 4.39 Å². The first-order valence-corrected chi connectivity index (χ1v) is 4.53. The molecule has 0 amide bonds. The smallest absolute Gasteiger partial charge is 0.309 e. The highest BCUT2D eigenvalue weighted by Gasteiger charge is 2.26. The lowest BCUT2D eigenvalue weighted by Gasteiger charge is -2.13. The molecule has 76 valence electrons. The second-order valence-corrected chi connectivity index (χ2v) is 3.46. The summed E-state index contributed by atoms with van der Waals surface area (Å²) in [5.74, 6) is -2.26. The second kappa shape index (κ2) is 4.42. The molecule has 0 aromatic heterocycles. The minimum absolute atomic E-state index is 0.226. The van der Waals surface area contributed by atoms with Crippen molar-refractivity contribution >= 4 is 17.6 Å². The summed E-state index contributed by atoms with van der Waals surface area (Å²) in [7, 11) is 0. The number of carbonyl (C=O) groups is 1. The van der Waals surface area contributed by atoms with Crippen molar-refractivity contribution in [3.05, 3.63) is 34.9 Å². The Hall–Kier alpha value is -1.09. The highest BCUT2D eigenvalue weighted by Crippen LogP contribution is 2.31. The molecule has 1 rings (SSSR count). The molecule has 0 saturated heterocycles. The zero-order chi connectivity index (χ0) is 10.7. The third kappa shape index (κ3) is 2.23. The van der Waals surface area contributed by atoms with Gasteiger partial charge < -0.3 is 5.11 Å². The molecule has 1 aromatic carbocycles. The van der Waals surface area contributed by atoms with E-state index in [1.165, 1.54) is 19.1 Å². The monoisotopic (exact) mass is 216 g/mol. The molecular formula is C10H10ClFO2. The summed E-state index contributed by atoms with van der Waals surface area (Å²) in [6.07, 6.45) is -1.57. The summed E-state index contributed by atoms with van der Waals surface area (Å²) < 4.78 is 13.6. The van der Waals surface area contributed by atoms with Crippen molar-refractivity contribution in [2.45, 2.75) is 13.1 Å². The Morgan fingerprint density at radius 2 is 2.07 bits per heavy atom. The number of halogens is 2. The van der Waals surface area contributed by atoms with E-state index in [0.29, 0.717) is 0 Å². The van der Waals surface area contributed by atoms with E-state index >= 15 is 0 Å². The van der Waals surface area contributed by atoms with Crippen LogP contribution in [0.4, 0.5) is 4.39 Å². The number of alkyl halides is 1. The highest BCUT2D eigenvalue weighted by atomic mass is 35.5. The van der Waals surface area contributed by atoms with Gasteiger partial charge in [-0.1, -0.05) is 29.8 Å². The first-order chi connectivity index (χ1) is 6.54. The van der Waals surface area contributed by atoms with Gasteiger partial charge in [0, 0.05) is 10.6 Å². The van der Waals surface area contributed by atoms with Crippen LogP contribution in [-0.4, -0.2) is 11.1 Å². The van der Waals surface area contributed by atoms with E-state index in [9.17, 15) is 9.18 Å². The Bertz CT molecular complexity index is 341. The van der Waals surface area contributed by atoms with Gasteiger partial charge in [0.15, 0.2) is 0 Å². The maximum Gasteiger partial charge on any atom is 0.309 e. The van der Waals surface area contributed by atoms with Gasteiger partial charge in [0.25, 0.3) is 0 Å². The lowest BCUT2D eigenvalue weighted by molar-refractivity contribution is -0.143. The van der Waals surface area contributed by atoms with Crippen LogP contribution in [0.3, 0.4) is 0 Å². The molecule has 2 nitrogen and oxygen atoms in total. The molecule has 0 aliphatic carbocycles. The Morgan fingerprint density at radius 1 is 1.50 bits per heavy atom. The number of benzene rings is 1. The van der Waals surface area contributed by atoms with Gasteiger partial charge in [-0.15, -0.1) is 0 Å². The summed E-state index contributed by atoms with van der Waals surface area (Å²) in [6.45, 7) is 1.32. The topological polar surface area (TPSA) is 37.3 Å². The van der Waals surface area contributed by atoms with E-state index in [1.54, 1.807) is 12.1 Å². The van der Waals surface area contributed by atoms with Crippen molar-refractivity contribution in [3.63, 3.8) is 0 Å². The van der Waals surface area contributed by atoms with Gasteiger partial charge in [-0.05, 0) is 13.0 Å². The summed E-state index contributed by atoms with van der Waals surface area (Å²) in [5.41, 5.74) is 0.226. The second-order valence-electron chi connectivity index (χ2n) is 3.05. The number of rotatable bonds is 3. The van der Waals surface area contributed by atoms with Crippen molar-refractivity contribution in [1.82, 2.24) is 0 Å². The molecule has 2 atom stereocenters. The van der Waals surface area contributed by atoms with E-state index in [1.807, 2.05) is 0 Å². The molecule has 4 heteroatoms. The van der Waals surface area contributed by atoms with E-state index in [-0.39, 0.29) is 10.6 Å². The average Bonchev–Trinajstić information content (AvgIpc) is 2.16. The van der Waals surface area contributed by atoms with Gasteiger partial charge in [0.05, 0.1) is 5.92 Å². The molecule has 2 unspecified atom stereocenters. The van der Waals surface area contributed by atoms with E-state index in [4.69, 9.17) is 16.7 Å². The van der Waals surface area contributed by atoms with Crippen molar-refractivity contribution in [2.75, 3.05) is 0 Å². The SMILES string of the molecule is CC(C(=O)O)C(F)c1ccccc1Cl. The molecule has 0 radical (unpaired) electrons. The van der Waals surface area contributed by atoms with Crippen LogP contribution in [-0.2, 0) is 4.79 Å². The van der Waals surface area contributed by atoms with Crippen LogP contribution in [0.15, 0.2) is 24.3 Å². The molecule has 1 N–H and O–H groups in total.